The van der Waals surface area contributed by atoms with Gasteiger partial charge in [0.1, 0.15) is 0 Å². The summed E-state index contributed by atoms with van der Waals surface area (Å²) in [5.74, 6) is -1.39. The number of halogens is 1. The van der Waals surface area contributed by atoms with Crippen molar-refractivity contribution in [3.05, 3.63) is 28.8 Å². The van der Waals surface area contributed by atoms with Crippen LogP contribution in [0.1, 0.15) is 16.8 Å². The molecule has 1 saturated heterocycles. The van der Waals surface area contributed by atoms with Crippen LogP contribution in [0, 0.1) is 5.92 Å². The van der Waals surface area contributed by atoms with Crippen molar-refractivity contribution in [3.8, 4) is 0 Å². The molecule has 6 heteroatoms. The molecule has 5 nitrogen and oxygen atoms in total. The number of hydrogen-bond acceptors (Lipinski definition) is 3. The van der Waals surface area contributed by atoms with E-state index < -0.39 is 5.97 Å². The molecule has 96 valence electrons. The fourth-order valence-electron chi connectivity index (χ4n) is 1.92. The molecule has 1 unspecified atom stereocenters. The normalized spacial score (nSPS) is 18.6. The van der Waals surface area contributed by atoms with Gasteiger partial charge in [0.2, 0.25) is 5.91 Å². The van der Waals surface area contributed by atoms with E-state index in [4.69, 9.17) is 16.7 Å². The van der Waals surface area contributed by atoms with E-state index in [1.54, 1.807) is 0 Å². The molecule has 1 fully saturated rings. The second-order valence-corrected chi connectivity index (χ2v) is 4.61. The van der Waals surface area contributed by atoms with Gasteiger partial charge in [-0.25, -0.2) is 4.79 Å². The molecule has 1 aromatic carbocycles. The Balaban J connectivity index is 2.19. The number of anilines is 1. The second-order valence-electron chi connectivity index (χ2n) is 4.17. The van der Waals surface area contributed by atoms with Gasteiger partial charge in [0.15, 0.2) is 0 Å². The lowest BCUT2D eigenvalue weighted by Gasteiger charge is -2.12. The lowest BCUT2D eigenvalue weighted by Crippen LogP contribution is -2.25. The lowest BCUT2D eigenvalue weighted by molar-refractivity contribution is -0.119. The Morgan fingerprint density at radius 3 is 2.83 bits per heavy atom. The molecule has 0 aromatic heterocycles. The number of rotatable bonds is 3. The molecule has 3 N–H and O–H groups in total. The molecule has 1 atom stereocenters. The molecular weight excluding hydrogens is 256 g/mol. The van der Waals surface area contributed by atoms with Crippen LogP contribution in [-0.2, 0) is 4.79 Å². The van der Waals surface area contributed by atoms with Crippen LogP contribution in [0.3, 0.4) is 0 Å². The molecule has 0 saturated carbocycles. The van der Waals surface area contributed by atoms with E-state index in [0.29, 0.717) is 11.6 Å². The average Bonchev–Trinajstić information content (AvgIpc) is 2.81. The molecule has 1 aliphatic rings. The SMILES string of the molecule is O=C(O)c1ccc(Cl)cc1NC(=O)C1CCNC1. The fourth-order valence-corrected chi connectivity index (χ4v) is 2.09. The maximum atomic E-state index is 11.9. The molecule has 1 heterocycles. The minimum Gasteiger partial charge on any atom is -0.478 e. The maximum Gasteiger partial charge on any atom is 0.337 e. The van der Waals surface area contributed by atoms with Crippen molar-refractivity contribution in [2.24, 2.45) is 5.92 Å². The highest BCUT2D eigenvalue weighted by molar-refractivity contribution is 6.31. The van der Waals surface area contributed by atoms with E-state index in [1.165, 1.54) is 18.2 Å². The van der Waals surface area contributed by atoms with Crippen molar-refractivity contribution < 1.29 is 14.7 Å². The Morgan fingerprint density at radius 1 is 1.44 bits per heavy atom. The van der Waals surface area contributed by atoms with E-state index in [0.717, 1.165) is 13.0 Å². The smallest absolute Gasteiger partial charge is 0.337 e. The first-order valence-electron chi connectivity index (χ1n) is 5.62. The molecule has 0 aliphatic carbocycles. The summed E-state index contributed by atoms with van der Waals surface area (Å²) < 4.78 is 0. The quantitative estimate of drug-likeness (QED) is 0.778. The molecule has 0 bridgehead atoms. The third-order valence-corrected chi connectivity index (χ3v) is 3.14. The van der Waals surface area contributed by atoms with E-state index in [-0.39, 0.29) is 23.1 Å². The summed E-state index contributed by atoms with van der Waals surface area (Å²) in [5, 5.41) is 15.1. The van der Waals surface area contributed by atoms with Crippen LogP contribution in [0.15, 0.2) is 18.2 Å². The molecule has 1 aromatic rings. The minimum absolute atomic E-state index is 0.0405. The van der Waals surface area contributed by atoms with Gasteiger partial charge in [-0.2, -0.15) is 0 Å². The molecule has 0 spiro atoms. The summed E-state index contributed by atoms with van der Waals surface area (Å²) in [6.07, 6.45) is 0.759. The van der Waals surface area contributed by atoms with Gasteiger partial charge in [0.25, 0.3) is 0 Å². The van der Waals surface area contributed by atoms with Crippen LogP contribution in [-0.4, -0.2) is 30.1 Å². The van der Waals surface area contributed by atoms with Crippen molar-refractivity contribution >= 4 is 29.2 Å². The Hall–Kier alpha value is -1.59. The maximum absolute atomic E-state index is 11.9. The number of nitrogens with one attached hydrogen (secondary N) is 2. The summed E-state index contributed by atoms with van der Waals surface area (Å²) in [6, 6.07) is 4.32. The van der Waals surface area contributed by atoms with Gasteiger partial charge in [-0.3, -0.25) is 4.79 Å². The summed E-state index contributed by atoms with van der Waals surface area (Å²) in [6.45, 7) is 1.42. The zero-order chi connectivity index (χ0) is 13.1. The highest BCUT2D eigenvalue weighted by atomic mass is 35.5. The molecule has 2 rings (SSSR count). The topological polar surface area (TPSA) is 78.4 Å². The fraction of sp³-hybridized carbons (Fsp3) is 0.333. The highest BCUT2D eigenvalue weighted by Gasteiger charge is 2.23. The van der Waals surface area contributed by atoms with Gasteiger partial charge in [0, 0.05) is 11.6 Å². The number of carbonyl (C=O) groups excluding carboxylic acids is 1. The van der Waals surface area contributed by atoms with Crippen LogP contribution < -0.4 is 10.6 Å². The first-order valence-corrected chi connectivity index (χ1v) is 6.00. The Kier molecular flexibility index (Phi) is 3.84. The zero-order valence-corrected chi connectivity index (χ0v) is 10.3. The van der Waals surface area contributed by atoms with E-state index >= 15 is 0 Å². The number of amides is 1. The minimum atomic E-state index is -1.09. The monoisotopic (exact) mass is 268 g/mol. The zero-order valence-electron chi connectivity index (χ0n) is 9.57. The molecule has 18 heavy (non-hydrogen) atoms. The summed E-state index contributed by atoms with van der Waals surface area (Å²) >= 11 is 5.81. The largest absolute Gasteiger partial charge is 0.478 e. The lowest BCUT2D eigenvalue weighted by atomic mass is 10.1. The van der Waals surface area contributed by atoms with E-state index in [9.17, 15) is 9.59 Å². The standard InChI is InChI=1S/C12H13ClN2O3/c13-8-1-2-9(12(17)18)10(5-8)15-11(16)7-3-4-14-6-7/h1-2,5,7,14H,3-4,6H2,(H,15,16)(H,17,18). The van der Waals surface area contributed by atoms with E-state index in [2.05, 4.69) is 10.6 Å². The van der Waals surface area contributed by atoms with Crippen molar-refractivity contribution in [2.75, 3.05) is 18.4 Å². The number of hydrogen-bond donors (Lipinski definition) is 3. The summed E-state index contributed by atoms with van der Waals surface area (Å²) in [4.78, 5) is 22.9. The third-order valence-electron chi connectivity index (χ3n) is 2.90. The van der Waals surface area contributed by atoms with Crippen LogP contribution >= 0.6 is 11.6 Å². The molecule has 1 amide bonds. The van der Waals surface area contributed by atoms with E-state index in [1.807, 2.05) is 0 Å². The predicted octanol–water partition coefficient (Wildman–Crippen LogP) is 1.59. The van der Waals surface area contributed by atoms with Crippen LogP contribution in [0.2, 0.25) is 5.02 Å². The van der Waals surface area contributed by atoms with Gasteiger partial charge in [-0.05, 0) is 31.2 Å². The van der Waals surface area contributed by atoms with Crippen molar-refractivity contribution in [1.82, 2.24) is 5.32 Å². The Labute approximate surface area is 109 Å². The van der Waals surface area contributed by atoms with Gasteiger partial charge < -0.3 is 15.7 Å². The third kappa shape index (κ3) is 2.80. The average molecular weight is 269 g/mol. The number of carboxylic acids is 1. The van der Waals surface area contributed by atoms with Crippen LogP contribution in [0.25, 0.3) is 0 Å². The van der Waals surface area contributed by atoms with Gasteiger partial charge in [-0.1, -0.05) is 11.6 Å². The predicted molar refractivity (Wildman–Crippen MR) is 68.0 cm³/mol. The van der Waals surface area contributed by atoms with Crippen LogP contribution in [0.5, 0.6) is 0 Å². The number of benzene rings is 1. The molecule has 1 aliphatic heterocycles. The first kappa shape index (κ1) is 12.9. The van der Waals surface area contributed by atoms with Crippen molar-refractivity contribution in [1.29, 1.82) is 0 Å². The molecule has 0 radical (unpaired) electrons. The summed E-state index contributed by atoms with van der Waals surface area (Å²) in [7, 11) is 0. The van der Waals surface area contributed by atoms with Gasteiger partial charge in [-0.15, -0.1) is 0 Å². The van der Waals surface area contributed by atoms with Crippen LogP contribution in [0.4, 0.5) is 5.69 Å². The Bertz CT molecular complexity index is 484. The summed E-state index contributed by atoms with van der Waals surface area (Å²) in [5.41, 5.74) is 0.283. The number of carboxylic acid groups (broad SMARTS) is 1. The van der Waals surface area contributed by atoms with Gasteiger partial charge in [0.05, 0.1) is 17.2 Å². The van der Waals surface area contributed by atoms with Gasteiger partial charge >= 0.3 is 5.97 Å². The van der Waals surface area contributed by atoms with Crippen molar-refractivity contribution in [3.63, 3.8) is 0 Å². The Morgan fingerprint density at radius 2 is 2.22 bits per heavy atom. The highest BCUT2D eigenvalue weighted by Crippen LogP contribution is 2.22. The number of aromatic carboxylic acids is 1. The first-order chi connectivity index (χ1) is 8.58. The number of carbonyl (C=O) groups is 2. The molecular formula is C12H13ClN2O3. The van der Waals surface area contributed by atoms with Crippen molar-refractivity contribution in [2.45, 2.75) is 6.42 Å². The second kappa shape index (κ2) is 5.37.